The SMILES string of the molecule is CC(=O)NN1CC=CN(Cc2ccc(OC(F)(F)F)cc2)S1(=O)=O. The Hall–Kier alpha value is -2.27. The number of nitrogens with zero attached hydrogens (tertiary/aromatic N) is 2. The summed E-state index contributed by atoms with van der Waals surface area (Å²) < 4.78 is 66.4. The van der Waals surface area contributed by atoms with E-state index >= 15 is 0 Å². The van der Waals surface area contributed by atoms with Crippen LogP contribution in [0.3, 0.4) is 0 Å². The number of rotatable bonds is 4. The van der Waals surface area contributed by atoms with Crippen LogP contribution < -0.4 is 10.2 Å². The molecular weight excluding hydrogens is 351 g/mol. The third kappa shape index (κ3) is 4.61. The second-order valence-electron chi connectivity index (χ2n) is 4.83. The fourth-order valence-electron chi connectivity index (χ4n) is 1.95. The molecule has 132 valence electrons. The van der Waals surface area contributed by atoms with Gasteiger partial charge in [0, 0.05) is 13.1 Å². The van der Waals surface area contributed by atoms with Crippen molar-refractivity contribution < 1.29 is 31.1 Å². The zero-order valence-electron chi connectivity index (χ0n) is 12.4. The van der Waals surface area contributed by atoms with E-state index in [-0.39, 0.29) is 13.1 Å². The van der Waals surface area contributed by atoms with E-state index in [2.05, 4.69) is 10.2 Å². The largest absolute Gasteiger partial charge is 0.573 e. The Morgan fingerprint density at radius 2 is 1.92 bits per heavy atom. The molecule has 1 aliphatic heterocycles. The number of hydrogen-bond donors (Lipinski definition) is 1. The molecule has 0 spiro atoms. The lowest BCUT2D eigenvalue weighted by Gasteiger charge is -2.31. The Balaban J connectivity index is 2.11. The van der Waals surface area contributed by atoms with Crippen LogP contribution in [0.15, 0.2) is 36.5 Å². The highest BCUT2D eigenvalue weighted by atomic mass is 32.2. The minimum Gasteiger partial charge on any atom is -0.406 e. The number of ether oxygens (including phenoxy) is 1. The number of halogens is 3. The number of alkyl halides is 3. The van der Waals surface area contributed by atoms with E-state index < -0.39 is 28.2 Å². The molecule has 1 N–H and O–H groups in total. The van der Waals surface area contributed by atoms with Crippen molar-refractivity contribution in [3.63, 3.8) is 0 Å². The summed E-state index contributed by atoms with van der Waals surface area (Å²) in [6.45, 7) is 1.05. The first kappa shape index (κ1) is 18.1. The number of carbonyl (C=O) groups excluding carboxylic acids is 1. The maximum atomic E-state index is 12.3. The van der Waals surface area contributed by atoms with Gasteiger partial charge in [-0.05, 0) is 17.7 Å². The van der Waals surface area contributed by atoms with Crippen molar-refractivity contribution in [2.45, 2.75) is 19.8 Å². The van der Waals surface area contributed by atoms with Crippen LogP contribution in [0, 0.1) is 0 Å². The van der Waals surface area contributed by atoms with Gasteiger partial charge in [0.1, 0.15) is 5.75 Å². The van der Waals surface area contributed by atoms with Crippen LogP contribution in [0.4, 0.5) is 13.2 Å². The molecule has 7 nitrogen and oxygen atoms in total. The summed E-state index contributed by atoms with van der Waals surface area (Å²) in [5.74, 6) is -0.939. The molecule has 0 atom stereocenters. The Bertz CT molecular complexity index is 732. The van der Waals surface area contributed by atoms with Gasteiger partial charge < -0.3 is 4.74 Å². The molecule has 0 bridgehead atoms. The van der Waals surface area contributed by atoms with Gasteiger partial charge in [0.25, 0.3) is 0 Å². The molecule has 0 aromatic heterocycles. The molecule has 0 unspecified atom stereocenters. The second kappa shape index (κ2) is 6.69. The normalized spacial score (nSPS) is 17.6. The molecule has 0 radical (unpaired) electrons. The lowest BCUT2D eigenvalue weighted by atomic mass is 10.2. The zero-order valence-corrected chi connectivity index (χ0v) is 13.3. The maximum absolute atomic E-state index is 12.3. The number of amides is 1. The molecule has 2 rings (SSSR count). The average molecular weight is 365 g/mol. The van der Waals surface area contributed by atoms with Gasteiger partial charge in [-0.2, -0.15) is 8.42 Å². The Morgan fingerprint density at radius 3 is 2.46 bits per heavy atom. The monoisotopic (exact) mass is 365 g/mol. The highest BCUT2D eigenvalue weighted by molar-refractivity contribution is 7.86. The van der Waals surface area contributed by atoms with E-state index in [0.29, 0.717) is 5.56 Å². The summed E-state index contributed by atoms with van der Waals surface area (Å²) in [6, 6.07) is 4.83. The first-order valence-corrected chi connectivity index (χ1v) is 8.06. The fourth-order valence-corrected chi connectivity index (χ4v) is 3.27. The van der Waals surface area contributed by atoms with Gasteiger partial charge in [0.05, 0.1) is 13.1 Å². The molecule has 24 heavy (non-hydrogen) atoms. The number of carbonyl (C=O) groups is 1. The number of hydrogen-bond acceptors (Lipinski definition) is 4. The van der Waals surface area contributed by atoms with Crippen molar-refractivity contribution in [2.75, 3.05) is 6.54 Å². The quantitative estimate of drug-likeness (QED) is 0.877. The molecule has 1 heterocycles. The second-order valence-corrected chi connectivity index (χ2v) is 6.63. The van der Waals surface area contributed by atoms with Crippen molar-refractivity contribution in [1.29, 1.82) is 0 Å². The van der Waals surface area contributed by atoms with Crippen molar-refractivity contribution in [1.82, 2.24) is 14.1 Å². The molecule has 0 saturated heterocycles. The van der Waals surface area contributed by atoms with Gasteiger partial charge >= 0.3 is 16.6 Å². The van der Waals surface area contributed by atoms with Gasteiger partial charge in [-0.15, -0.1) is 13.2 Å². The van der Waals surface area contributed by atoms with Crippen LogP contribution in [-0.2, 0) is 21.5 Å². The molecule has 1 aromatic carbocycles. The molecule has 1 amide bonds. The van der Waals surface area contributed by atoms with E-state index in [4.69, 9.17) is 0 Å². The zero-order chi connectivity index (χ0) is 18.0. The summed E-state index contributed by atoms with van der Waals surface area (Å²) in [6.07, 6.45) is -1.94. The van der Waals surface area contributed by atoms with Crippen molar-refractivity contribution in [3.8, 4) is 5.75 Å². The predicted octanol–water partition coefficient (Wildman–Crippen LogP) is 1.51. The highest BCUT2D eigenvalue weighted by Gasteiger charge is 2.32. The van der Waals surface area contributed by atoms with E-state index in [9.17, 15) is 26.4 Å². The maximum Gasteiger partial charge on any atom is 0.573 e. The molecule has 1 aromatic rings. The summed E-state index contributed by atoms with van der Waals surface area (Å²) in [4.78, 5) is 11.1. The summed E-state index contributed by atoms with van der Waals surface area (Å²) >= 11 is 0. The molecule has 1 aliphatic rings. The van der Waals surface area contributed by atoms with Gasteiger partial charge in [-0.25, -0.2) is 0 Å². The molecule has 0 aliphatic carbocycles. The van der Waals surface area contributed by atoms with Gasteiger partial charge in [-0.1, -0.05) is 22.6 Å². The van der Waals surface area contributed by atoms with Gasteiger partial charge in [-0.3, -0.25) is 14.5 Å². The molecular formula is C13H14F3N3O4S. The minimum absolute atomic E-state index is 0.0171. The first-order valence-electron chi connectivity index (χ1n) is 6.66. The number of hydrazine groups is 1. The van der Waals surface area contributed by atoms with Crippen LogP contribution >= 0.6 is 0 Å². The standard InChI is InChI=1S/C13H14F3N3O4S/c1-10(20)17-19-8-2-7-18(24(19,21)22)9-11-3-5-12(6-4-11)23-13(14,15)16/h2-7H,8-9H2,1H3,(H,17,20). The fraction of sp³-hybridized carbons (Fsp3) is 0.308. The Labute approximate surface area is 136 Å². The van der Waals surface area contributed by atoms with Crippen molar-refractivity contribution in [3.05, 3.63) is 42.1 Å². The molecule has 0 fully saturated rings. The third-order valence-electron chi connectivity index (χ3n) is 2.90. The van der Waals surface area contributed by atoms with Gasteiger partial charge in [0.15, 0.2) is 0 Å². The van der Waals surface area contributed by atoms with E-state index in [1.54, 1.807) is 0 Å². The van der Waals surface area contributed by atoms with E-state index in [0.717, 1.165) is 20.9 Å². The lowest BCUT2D eigenvalue weighted by molar-refractivity contribution is -0.274. The van der Waals surface area contributed by atoms with Crippen LogP contribution in [0.2, 0.25) is 0 Å². The third-order valence-corrected chi connectivity index (χ3v) is 4.54. The summed E-state index contributed by atoms with van der Waals surface area (Å²) in [5, 5.41) is 0. The van der Waals surface area contributed by atoms with Crippen molar-refractivity contribution in [2.24, 2.45) is 0 Å². The minimum atomic E-state index is -4.79. The van der Waals surface area contributed by atoms with Crippen molar-refractivity contribution >= 4 is 16.1 Å². The van der Waals surface area contributed by atoms with E-state index in [1.165, 1.54) is 31.3 Å². The molecule has 11 heteroatoms. The van der Waals surface area contributed by atoms with Crippen LogP contribution in [0.5, 0.6) is 5.75 Å². The Morgan fingerprint density at radius 1 is 1.29 bits per heavy atom. The lowest BCUT2D eigenvalue weighted by Crippen LogP contribution is -2.52. The summed E-state index contributed by atoms with van der Waals surface area (Å²) in [7, 11) is -3.96. The molecule has 0 saturated carbocycles. The summed E-state index contributed by atoms with van der Waals surface area (Å²) in [5.41, 5.74) is 2.64. The highest BCUT2D eigenvalue weighted by Crippen LogP contribution is 2.24. The van der Waals surface area contributed by atoms with E-state index in [1.807, 2.05) is 0 Å². The van der Waals surface area contributed by atoms with Crippen LogP contribution in [0.1, 0.15) is 12.5 Å². The Kier molecular flexibility index (Phi) is 5.04. The average Bonchev–Trinajstić information content (AvgIpc) is 2.43. The number of nitrogens with one attached hydrogen (secondary N) is 1. The van der Waals surface area contributed by atoms with Gasteiger partial charge in [0.2, 0.25) is 5.91 Å². The number of benzene rings is 1. The topological polar surface area (TPSA) is 79.0 Å². The first-order chi connectivity index (χ1) is 11.1. The van der Waals surface area contributed by atoms with Crippen LogP contribution in [-0.4, -0.2) is 36.0 Å². The van der Waals surface area contributed by atoms with Crippen LogP contribution in [0.25, 0.3) is 0 Å². The smallest absolute Gasteiger partial charge is 0.406 e. The predicted molar refractivity (Wildman–Crippen MR) is 77.3 cm³/mol.